The van der Waals surface area contributed by atoms with Crippen molar-refractivity contribution in [3.63, 3.8) is 0 Å². The number of aromatic hydroxyl groups is 1. The van der Waals surface area contributed by atoms with Crippen molar-refractivity contribution in [1.82, 2.24) is 0 Å². The van der Waals surface area contributed by atoms with Crippen molar-refractivity contribution in [2.24, 2.45) is 0 Å². The SMILES string of the molecule is O=C(/C=C/c1ccccc1)OC[C@@]1(O)CO[C@@H](O[C@H]2[C@H](Oc3cc(O)c4c(c3)O[C@H](c3ccccc3)CC4=O)O[C@H](CO)[C@@H](O)[C@@H]2O)[C@@H]1O. The largest absolute Gasteiger partial charge is 0.507 e. The van der Waals surface area contributed by atoms with Crippen LogP contribution in [0.3, 0.4) is 0 Å². The highest BCUT2D eigenvalue weighted by Crippen LogP contribution is 2.43. The maximum atomic E-state index is 13.0. The van der Waals surface area contributed by atoms with Gasteiger partial charge in [0.25, 0.3) is 0 Å². The molecule has 49 heavy (non-hydrogen) atoms. The zero-order chi connectivity index (χ0) is 34.7. The Labute approximate surface area is 280 Å². The Morgan fingerprint density at radius 3 is 2.41 bits per heavy atom. The second-order valence-electron chi connectivity index (χ2n) is 12.0. The summed E-state index contributed by atoms with van der Waals surface area (Å²) in [7, 11) is 0. The van der Waals surface area contributed by atoms with Crippen LogP contribution >= 0.6 is 0 Å². The number of esters is 1. The number of fused-ring (bicyclic) bond motifs is 1. The van der Waals surface area contributed by atoms with Gasteiger partial charge in [-0.05, 0) is 17.2 Å². The Balaban J connectivity index is 1.16. The van der Waals surface area contributed by atoms with E-state index in [1.54, 1.807) is 48.5 Å². The van der Waals surface area contributed by atoms with Crippen LogP contribution in [0.1, 0.15) is 34.0 Å². The van der Waals surface area contributed by atoms with Crippen molar-refractivity contribution in [1.29, 1.82) is 0 Å². The van der Waals surface area contributed by atoms with E-state index in [9.17, 15) is 40.2 Å². The Bertz CT molecular complexity index is 1650. The third-order valence-corrected chi connectivity index (χ3v) is 8.49. The quantitative estimate of drug-likeness (QED) is 0.130. The van der Waals surface area contributed by atoms with Gasteiger partial charge in [0.2, 0.25) is 6.29 Å². The molecular weight excluding hydrogens is 644 g/mol. The number of aliphatic hydroxyl groups excluding tert-OH is 4. The molecule has 6 N–H and O–H groups in total. The molecule has 0 amide bonds. The Kier molecular flexibility index (Phi) is 10.3. The van der Waals surface area contributed by atoms with Crippen LogP contribution in [-0.2, 0) is 23.7 Å². The summed E-state index contributed by atoms with van der Waals surface area (Å²) in [4.78, 5) is 25.2. The molecule has 6 rings (SSSR count). The Morgan fingerprint density at radius 1 is 0.980 bits per heavy atom. The lowest BCUT2D eigenvalue weighted by Gasteiger charge is -2.42. The summed E-state index contributed by atoms with van der Waals surface area (Å²) in [5.41, 5.74) is -0.658. The van der Waals surface area contributed by atoms with Gasteiger partial charge in [0.1, 0.15) is 59.9 Å². The van der Waals surface area contributed by atoms with Crippen LogP contribution in [0.25, 0.3) is 6.08 Å². The fourth-order valence-corrected chi connectivity index (χ4v) is 5.79. The van der Waals surface area contributed by atoms with Crippen LogP contribution < -0.4 is 9.47 Å². The van der Waals surface area contributed by atoms with E-state index in [4.69, 9.17) is 28.4 Å². The molecule has 3 aromatic rings. The summed E-state index contributed by atoms with van der Waals surface area (Å²) < 4.78 is 34.0. The van der Waals surface area contributed by atoms with Crippen LogP contribution in [0, 0.1) is 0 Å². The van der Waals surface area contributed by atoms with Gasteiger partial charge in [-0.2, -0.15) is 0 Å². The summed E-state index contributed by atoms with van der Waals surface area (Å²) in [6.45, 7) is -1.91. The highest BCUT2D eigenvalue weighted by atomic mass is 16.8. The van der Waals surface area contributed by atoms with E-state index in [1.165, 1.54) is 12.1 Å². The van der Waals surface area contributed by atoms with Crippen LogP contribution in [0.15, 0.2) is 78.9 Å². The van der Waals surface area contributed by atoms with Gasteiger partial charge in [0.15, 0.2) is 23.8 Å². The van der Waals surface area contributed by atoms with E-state index in [0.717, 1.165) is 23.3 Å². The van der Waals surface area contributed by atoms with Gasteiger partial charge in [-0.25, -0.2) is 4.79 Å². The fourth-order valence-electron chi connectivity index (χ4n) is 5.79. The maximum Gasteiger partial charge on any atom is 0.330 e. The van der Waals surface area contributed by atoms with E-state index >= 15 is 0 Å². The van der Waals surface area contributed by atoms with E-state index in [0.29, 0.717) is 0 Å². The zero-order valence-electron chi connectivity index (χ0n) is 26.0. The minimum absolute atomic E-state index is 0.00562. The van der Waals surface area contributed by atoms with Crippen molar-refractivity contribution in [3.05, 3.63) is 95.6 Å². The number of carbonyl (C=O) groups excluding carboxylic acids is 2. The van der Waals surface area contributed by atoms with Gasteiger partial charge >= 0.3 is 5.97 Å². The van der Waals surface area contributed by atoms with Crippen LogP contribution in [0.5, 0.6) is 17.2 Å². The molecule has 14 nitrogen and oxygen atoms in total. The molecule has 9 atom stereocenters. The summed E-state index contributed by atoms with van der Waals surface area (Å²) in [5.74, 6) is -1.64. The lowest BCUT2D eigenvalue weighted by atomic mass is 9.95. The van der Waals surface area contributed by atoms with E-state index in [-0.39, 0.29) is 29.3 Å². The molecule has 0 saturated carbocycles. The first-order chi connectivity index (χ1) is 23.6. The number of ketones is 1. The van der Waals surface area contributed by atoms with Crippen molar-refractivity contribution >= 4 is 17.8 Å². The molecular formula is C35H36O14. The monoisotopic (exact) mass is 680 g/mol. The molecule has 3 aliphatic heterocycles. The molecule has 0 aliphatic carbocycles. The summed E-state index contributed by atoms with van der Waals surface area (Å²) in [6, 6.07) is 20.5. The average Bonchev–Trinajstić information content (AvgIpc) is 3.38. The van der Waals surface area contributed by atoms with E-state index < -0.39 is 86.3 Å². The molecule has 3 aromatic carbocycles. The molecule has 0 radical (unpaired) electrons. The van der Waals surface area contributed by atoms with Crippen LogP contribution in [-0.4, -0.2) is 111 Å². The lowest BCUT2D eigenvalue weighted by Crippen LogP contribution is -2.62. The molecule has 0 bridgehead atoms. The molecule has 3 heterocycles. The number of hydrogen-bond acceptors (Lipinski definition) is 14. The summed E-state index contributed by atoms with van der Waals surface area (Å²) in [5, 5.41) is 64.1. The molecule has 2 fully saturated rings. The molecule has 2 saturated heterocycles. The van der Waals surface area contributed by atoms with E-state index in [2.05, 4.69) is 0 Å². The van der Waals surface area contributed by atoms with Gasteiger partial charge in [-0.15, -0.1) is 0 Å². The number of aliphatic hydroxyl groups is 5. The van der Waals surface area contributed by atoms with Crippen molar-refractivity contribution in [3.8, 4) is 17.2 Å². The van der Waals surface area contributed by atoms with Crippen molar-refractivity contribution < 1.29 is 68.6 Å². The van der Waals surface area contributed by atoms with Crippen LogP contribution in [0.2, 0.25) is 0 Å². The molecule has 14 heteroatoms. The summed E-state index contributed by atoms with van der Waals surface area (Å²) in [6.07, 6.45) is -9.36. The fraction of sp³-hybridized carbons (Fsp3) is 0.371. The highest BCUT2D eigenvalue weighted by molar-refractivity contribution is 6.02. The third-order valence-electron chi connectivity index (χ3n) is 8.49. The van der Waals surface area contributed by atoms with Crippen molar-refractivity contribution in [2.45, 2.75) is 61.2 Å². The second kappa shape index (κ2) is 14.6. The highest BCUT2D eigenvalue weighted by Gasteiger charge is 2.54. The van der Waals surface area contributed by atoms with Crippen molar-refractivity contribution in [2.75, 3.05) is 19.8 Å². The zero-order valence-corrected chi connectivity index (χ0v) is 26.0. The normalized spacial score (nSPS) is 31.2. The van der Waals surface area contributed by atoms with Crippen LogP contribution in [0.4, 0.5) is 0 Å². The second-order valence-corrected chi connectivity index (χ2v) is 12.0. The minimum Gasteiger partial charge on any atom is -0.507 e. The first-order valence-corrected chi connectivity index (χ1v) is 15.5. The van der Waals surface area contributed by atoms with Gasteiger partial charge in [0.05, 0.1) is 19.6 Å². The topological polar surface area (TPSA) is 211 Å². The number of phenols is 1. The Morgan fingerprint density at radius 2 is 1.69 bits per heavy atom. The predicted molar refractivity (Wildman–Crippen MR) is 167 cm³/mol. The third kappa shape index (κ3) is 7.46. The number of ether oxygens (including phenoxy) is 6. The summed E-state index contributed by atoms with van der Waals surface area (Å²) >= 11 is 0. The van der Waals surface area contributed by atoms with Gasteiger partial charge in [-0.1, -0.05) is 60.7 Å². The number of phenolic OH excluding ortho intramolecular Hbond substituents is 1. The molecule has 3 aliphatic rings. The molecule has 0 aromatic heterocycles. The number of carbonyl (C=O) groups is 2. The average molecular weight is 681 g/mol. The maximum absolute atomic E-state index is 13.0. The number of rotatable bonds is 10. The number of hydrogen-bond donors (Lipinski definition) is 6. The smallest absolute Gasteiger partial charge is 0.330 e. The Hall–Kier alpha value is -4.38. The van der Waals surface area contributed by atoms with Gasteiger partial charge in [0, 0.05) is 18.2 Å². The molecule has 0 spiro atoms. The number of Topliss-reactive ketones (excluding diaryl/α,β-unsaturated/α-hetero) is 1. The minimum atomic E-state index is -2.10. The molecule has 260 valence electrons. The molecule has 0 unspecified atom stereocenters. The first kappa shape index (κ1) is 34.5. The van der Waals surface area contributed by atoms with Gasteiger partial charge < -0.3 is 59.1 Å². The predicted octanol–water partition coefficient (Wildman–Crippen LogP) is 1.01. The first-order valence-electron chi connectivity index (χ1n) is 15.5. The lowest BCUT2D eigenvalue weighted by molar-refractivity contribution is -0.318. The number of benzene rings is 3. The van der Waals surface area contributed by atoms with E-state index in [1.807, 2.05) is 12.1 Å². The van der Waals surface area contributed by atoms with Gasteiger partial charge in [-0.3, -0.25) is 4.79 Å². The standard InChI is InChI=1S/C35H36O14/c36-16-26-29(40)30(41)31(49-34-32(42)35(43,18-45-34)17-44-27(39)12-11-19-7-3-1-4-8-19)33(48-26)46-21-13-22(37)28-23(38)15-24(47-25(28)14-21)20-9-5-2-6-10-20/h1-14,24,26,29-34,36-37,40-43H,15-18H2/b12-11+/t24-,26+,29+,30-,31+,32-,33+,34-,35+/m0/s1.